The van der Waals surface area contributed by atoms with E-state index in [4.69, 9.17) is 10.5 Å². The van der Waals surface area contributed by atoms with Crippen LogP contribution in [0.2, 0.25) is 0 Å². The van der Waals surface area contributed by atoms with Crippen LogP contribution in [-0.2, 0) is 14.9 Å². The van der Waals surface area contributed by atoms with Crippen LogP contribution in [0.15, 0.2) is 6.33 Å². The summed E-state index contributed by atoms with van der Waals surface area (Å²) in [6, 6.07) is 0. The van der Waals surface area contributed by atoms with Gasteiger partial charge < -0.3 is 15.5 Å². The molecule has 0 saturated heterocycles. The Kier molecular flexibility index (Phi) is 1.86. The number of imidazole rings is 1. The Morgan fingerprint density at radius 1 is 1.53 bits per heavy atom. The first kappa shape index (κ1) is 10.0. The first-order valence-corrected chi connectivity index (χ1v) is 5.22. The number of esters is 1. The molecule has 2 heterocycles. The highest BCUT2D eigenvalue weighted by molar-refractivity contribution is 5.88. The van der Waals surface area contributed by atoms with Crippen LogP contribution < -0.4 is 5.73 Å². The number of aromatic amines is 1. The zero-order valence-corrected chi connectivity index (χ0v) is 9.23. The van der Waals surface area contributed by atoms with E-state index in [1.807, 2.05) is 0 Å². The third kappa shape index (κ3) is 1.28. The fourth-order valence-corrected chi connectivity index (χ4v) is 1.93. The van der Waals surface area contributed by atoms with Crippen molar-refractivity contribution in [2.45, 2.75) is 18.3 Å². The van der Waals surface area contributed by atoms with Gasteiger partial charge in [-0.2, -0.15) is 0 Å². The molecule has 0 unspecified atom stereocenters. The Labute approximate surface area is 96.4 Å². The number of nitrogen functional groups attached to an aromatic ring is 1. The van der Waals surface area contributed by atoms with Gasteiger partial charge in [0.1, 0.15) is 23.1 Å². The first-order valence-electron chi connectivity index (χ1n) is 5.22. The van der Waals surface area contributed by atoms with Crippen molar-refractivity contribution in [1.29, 1.82) is 0 Å². The minimum Gasteiger partial charge on any atom is -0.468 e. The molecule has 0 spiro atoms. The van der Waals surface area contributed by atoms with Crippen molar-refractivity contribution < 1.29 is 9.53 Å². The standard InChI is InChI=1S/C10H11N5O2/c1-17-9(16)10(2-3-10)8-14-5-6(11)12-4-13-7(5)15-8/h4H,2-3H2,1H3,(H3,11,12,13,14,15). The lowest BCUT2D eigenvalue weighted by Gasteiger charge is -2.08. The van der Waals surface area contributed by atoms with Crippen LogP contribution in [0.5, 0.6) is 0 Å². The second kappa shape index (κ2) is 3.16. The van der Waals surface area contributed by atoms with E-state index in [2.05, 4.69) is 19.9 Å². The second-order valence-electron chi connectivity index (χ2n) is 4.12. The summed E-state index contributed by atoms with van der Waals surface area (Å²) in [6.07, 6.45) is 2.81. The number of H-pyrrole nitrogens is 1. The average molecular weight is 233 g/mol. The maximum absolute atomic E-state index is 11.7. The minimum absolute atomic E-state index is 0.275. The molecule has 1 aliphatic rings. The summed E-state index contributed by atoms with van der Waals surface area (Å²) in [7, 11) is 1.37. The van der Waals surface area contributed by atoms with Crippen LogP contribution in [0.3, 0.4) is 0 Å². The molecule has 1 fully saturated rings. The molecule has 17 heavy (non-hydrogen) atoms. The summed E-state index contributed by atoms with van der Waals surface area (Å²) < 4.78 is 4.79. The van der Waals surface area contributed by atoms with Crippen LogP contribution in [0.4, 0.5) is 5.82 Å². The molecule has 1 aliphatic carbocycles. The van der Waals surface area contributed by atoms with Gasteiger partial charge in [-0.3, -0.25) is 4.79 Å². The zero-order valence-electron chi connectivity index (χ0n) is 9.23. The van der Waals surface area contributed by atoms with Crippen molar-refractivity contribution >= 4 is 23.0 Å². The predicted octanol–water partition coefficient (Wildman–Crippen LogP) is 0.140. The molecule has 2 aromatic heterocycles. The van der Waals surface area contributed by atoms with Crippen molar-refractivity contribution in [1.82, 2.24) is 19.9 Å². The van der Waals surface area contributed by atoms with Gasteiger partial charge >= 0.3 is 5.97 Å². The average Bonchev–Trinajstić information content (AvgIpc) is 3.02. The number of hydrogen-bond donors (Lipinski definition) is 2. The van der Waals surface area contributed by atoms with Crippen molar-refractivity contribution in [2.75, 3.05) is 12.8 Å². The lowest BCUT2D eigenvalue weighted by molar-refractivity contribution is -0.143. The number of fused-ring (bicyclic) bond motifs is 1. The van der Waals surface area contributed by atoms with Crippen LogP contribution in [0.25, 0.3) is 11.2 Å². The summed E-state index contributed by atoms with van der Waals surface area (Å²) in [5, 5.41) is 0. The number of methoxy groups -OCH3 is 1. The third-order valence-corrected chi connectivity index (χ3v) is 3.10. The number of nitrogens with one attached hydrogen (secondary N) is 1. The van der Waals surface area contributed by atoms with E-state index in [1.54, 1.807) is 0 Å². The third-order valence-electron chi connectivity index (χ3n) is 3.10. The molecule has 0 aliphatic heterocycles. The molecule has 2 aromatic rings. The van der Waals surface area contributed by atoms with Gasteiger partial charge in [-0.05, 0) is 12.8 Å². The van der Waals surface area contributed by atoms with Crippen LogP contribution in [0, 0.1) is 0 Å². The van der Waals surface area contributed by atoms with Gasteiger partial charge in [-0.15, -0.1) is 0 Å². The summed E-state index contributed by atoms with van der Waals surface area (Å²) in [5.41, 5.74) is 6.11. The maximum Gasteiger partial charge on any atom is 0.319 e. The van der Waals surface area contributed by atoms with Gasteiger partial charge in [0.05, 0.1) is 7.11 Å². The number of hydrogen-bond acceptors (Lipinski definition) is 6. The molecule has 0 amide bonds. The summed E-state index contributed by atoms with van der Waals surface area (Å²) in [5.74, 6) is 0.615. The monoisotopic (exact) mass is 233 g/mol. The fraction of sp³-hybridized carbons (Fsp3) is 0.400. The van der Waals surface area contributed by atoms with Gasteiger partial charge in [0, 0.05) is 0 Å². The van der Waals surface area contributed by atoms with Gasteiger partial charge in [-0.25, -0.2) is 15.0 Å². The van der Waals surface area contributed by atoms with Crippen molar-refractivity contribution in [3.8, 4) is 0 Å². The van der Waals surface area contributed by atoms with Gasteiger partial charge in [0.15, 0.2) is 11.5 Å². The quantitative estimate of drug-likeness (QED) is 0.714. The van der Waals surface area contributed by atoms with Crippen LogP contribution in [0.1, 0.15) is 18.7 Å². The minimum atomic E-state index is -0.637. The molecular weight excluding hydrogens is 222 g/mol. The molecule has 3 N–H and O–H groups in total. The Morgan fingerprint density at radius 3 is 2.88 bits per heavy atom. The Balaban J connectivity index is 2.13. The number of ether oxygens (including phenoxy) is 1. The maximum atomic E-state index is 11.7. The number of carbonyl (C=O) groups is 1. The van der Waals surface area contributed by atoms with Gasteiger partial charge in [0.25, 0.3) is 0 Å². The van der Waals surface area contributed by atoms with Gasteiger partial charge in [-0.1, -0.05) is 0 Å². The van der Waals surface area contributed by atoms with Gasteiger partial charge in [0.2, 0.25) is 0 Å². The Hall–Kier alpha value is -2.18. The lowest BCUT2D eigenvalue weighted by Crippen LogP contribution is -2.23. The van der Waals surface area contributed by atoms with Crippen molar-refractivity contribution in [2.24, 2.45) is 0 Å². The van der Waals surface area contributed by atoms with E-state index in [9.17, 15) is 4.79 Å². The summed E-state index contributed by atoms with van der Waals surface area (Å²) in [4.78, 5) is 26.9. The number of aromatic nitrogens is 4. The summed E-state index contributed by atoms with van der Waals surface area (Å²) in [6.45, 7) is 0. The highest BCUT2D eigenvalue weighted by Crippen LogP contribution is 2.48. The molecule has 1 saturated carbocycles. The van der Waals surface area contributed by atoms with E-state index in [-0.39, 0.29) is 5.97 Å². The summed E-state index contributed by atoms with van der Waals surface area (Å²) >= 11 is 0. The second-order valence-corrected chi connectivity index (χ2v) is 4.12. The van der Waals surface area contributed by atoms with Crippen LogP contribution in [-0.4, -0.2) is 33.0 Å². The topological polar surface area (TPSA) is 107 Å². The van der Waals surface area contributed by atoms with E-state index in [0.717, 1.165) is 12.8 Å². The highest BCUT2D eigenvalue weighted by atomic mass is 16.5. The number of nitrogens with zero attached hydrogens (tertiary/aromatic N) is 3. The number of anilines is 1. The molecule has 0 bridgehead atoms. The lowest BCUT2D eigenvalue weighted by atomic mass is 10.1. The largest absolute Gasteiger partial charge is 0.468 e. The van der Waals surface area contributed by atoms with Crippen molar-refractivity contribution in [3.05, 3.63) is 12.2 Å². The molecule has 0 aromatic carbocycles. The van der Waals surface area contributed by atoms with E-state index in [1.165, 1.54) is 13.4 Å². The zero-order chi connectivity index (χ0) is 12.0. The highest BCUT2D eigenvalue weighted by Gasteiger charge is 2.55. The number of carbonyl (C=O) groups excluding carboxylic acids is 1. The normalized spacial score (nSPS) is 17.0. The van der Waals surface area contributed by atoms with E-state index >= 15 is 0 Å². The molecule has 7 nitrogen and oxygen atoms in total. The number of rotatable bonds is 2. The Bertz CT molecular complexity index is 602. The first-order chi connectivity index (χ1) is 8.17. The van der Waals surface area contributed by atoms with E-state index < -0.39 is 5.41 Å². The molecule has 7 heteroatoms. The molecular formula is C10H11N5O2. The molecule has 0 atom stereocenters. The smallest absolute Gasteiger partial charge is 0.319 e. The Morgan fingerprint density at radius 2 is 2.29 bits per heavy atom. The number of nitrogens with two attached hydrogens (primary N) is 1. The van der Waals surface area contributed by atoms with Crippen LogP contribution >= 0.6 is 0 Å². The van der Waals surface area contributed by atoms with Crippen molar-refractivity contribution in [3.63, 3.8) is 0 Å². The van der Waals surface area contributed by atoms with E-state index in [0.29, 0.717) is 22.8 Å². The molecule has 3 rings (SSSR count). The predicted molar refractivity (Wildman–Crippen MR) is 59.0 cm³/mol. The molecule has 88 valence electrons. The molecule has 0 radical (unpaired) electrons. The fourth-order valence-electron chi connectivity index (χ4n) is 1.93. The SMILES string of the molecule is COC(=O)C1(c2nc3ncnc(N)c3[nH]2)CC1.